The third kappa shape index (κ3) is 5.53. The number of hydrogen-bond donors (Lipinski definition) is 0. The molecule has 2 aliphatic heterocycles. The maximum absolute atomic E-state index is 4.62. The van der Waals surface area contributed by atoms with E-state index in [1.54, 1.807) is 0 Å². The first-order valence-corrected chi connectivity index (χ1v) is 13.2. The molecule has 5 rings (SSSR count). The highest BCUT2D eigenvalue weighted by Gasteiger charge is 2.20. The molecule has 0 aromatic heterocycles. The van der Waals surface area contributed by atoms with E-state index in [2.05, 4.69) is 135 Å². The van der Waals surface area contributed by atoms with Crippen molar-refractivity contribution in [1.82, 2.24) is 0 Å². The molecule has 0 saturated carbocycles. The Bertz CT molecular complexity index is 1420. The monoisotopic (exact) mass is 488 g/mol. The molecule has 0 bridgehead atoms. The highest BCUT2D eigenvalue weighted by atomic mass is 15.2. The molecule has 4 nitrogen and oxygen atoms in total. The summed E-state index contributed by atoms with van der Waals surface area (Å²) < 4.78 is 0. The Morgan fingerprint density at radius 3 is 1.30 bits per heavy atom. The molecule has 4 heteroatoms. The van der Waals surface area contributed by atoms with Gasteiger partial charge in [0.1, 0.15) is 0 Å². The van der Waals surface area contributed by atoms with Crippen molar-refractivity contribution in [3.8, 4) is 0 Å². The zero-order valence-corrected chi connectivity index (χ0v) is 22.8. The SMILES string of the molecule is CC(C)(C)c1ccc(C2=NN=C(c3cccc(C4=NN=C(c5ccc(C(C)(C)C)cc5)C4)c3)CC2)cc1. The fourth-order valence-corrected chi connectivity index (χ4v) is 4.73. The molecule has 37 heavy (non-hydrogen) atoms. The van der Waals surface area contributed by atoms with Gasteiger partial charge in [-0.15, -0.1) is 0 Å². The predicted molar refractivity (Wildman–Crippen MR) is 157 cm³/mol. The second-order valence-electron chi connectivity index (χ2n) is 12.1. The molecular formula is C33H36N4. The number of nitrogens with zero attached hydrogens (tertiary/aromatic N) is 4. The molecule has 188 valence electrons. The fourth-order valence-electron chi connectivity index (χ4n) is 4.73. The van der Waals surface area contributed by atoms with E-state index in [9.17, 15) is 0 Å². The maximum atomic E-state index is 4.62. The normalized spacial score (nSPS) is 16.2. The Kier molecular flexibility index (Phi) is 6.53. The van der Waals surface area contributed by atoms with Crippen LogP contribution in [-0.2, 0) is 10.8 Å². The molecule has 3 aromatic carbocycles. The summed E-state index contributed by atoms with van der Waals surface area (Å²) in [7, 11) is 0. The van der Waals surface area contributed by atoms with Gasteiger partial charge in [0.2, 0.25) is 0 Å². The minimum absolute atomic E-state index is 0.141. The summed E-state index contributed by atoms with van der Waals surface area (Å²) in [6, 6.07) is 26.0. The van der Waals surface area contributed by atoms with Gasteiger partial charge >= 0.3 is 0 Å². The number of hydrogen-bond acceptors (Lipinski definition) is 4. The van der Waals surface area contributed by atoms with Crippen molar-refractivity contribution in [2.75, 3.05) is 0 Å². The average molecular weight is 489 g/mol. The summed E-state index contributed by atoms with van der Waals surface area (Å²) in [4.78, 5) is 0. The quantitative estimate of drug-likeness (QED) is 0.359. The van der Waals surface area contributed by atoms with Crippen LogP contribution in [0.1, 0.15) is 94.2 Å². The van der Waals surface area contributed by atoms with Crippen LogP contribution >= 0.6 is 0 Å². The van der Waals surface area contributed by atoms with Gasteiger partial charge in [0.25, 0.3) is 0 Å². The third-order valence-corrected chi connectivity index (χ3v) is 7.21. The van der Waals surface area contributed by atoms with Crippen LogP contribution in [-0.4, -0.2) is 22.8 Å². The largest absolute Gasteiger partial charge is 0.155 e. The molecule has 0 atom stereocenters. The van der Waals surface area contributed by atoms with Crippen LogP contribution in [0, 0.1) is 0 Å². The lowest BCUT2D eigenvalue weighted by Gasteiger charge is -2.19. The molecule has 0 amide bonds. The number of rotatable bonds is 4. The first-order chi connectivity index (χ1) is 17.6. The van der Waals surface area contributed by atoms with Gasteiger partial charge in [0, 0.05) is 6.42 Å². The van der Waals surface area contributed by atoms with Crippen LogP contribution in [0.2, 0.25) is 0 Å². The van der Waals surface area contributed by atoms with Crippen LogP contribution in [0.3, 0.4) is 0 Å². The topological polar surface area (TPSA) is 49.4 Å². The van der Waals surface area contributed by atoms with E-state index >= 15 is 0 Å². The van der Waals surface area contributed by atoms with Crippen LogP contribution in [0.5, 0.6) is 0 Å². The molecule has 0 fully saturated rings. The number of benzene rings is 3. The summed E-state index contributed by atoms with van der Waals surface area (Å²) in [6.45, 7) is 13.4. The predicted octanol–water partition coefficient (Wildman–Crippen LogP) is 7.87. The fraction of sp³-hybridized carbons (Fsp3) is 0.333. The second kappa shape index (κ2) is 9.66. The summed E-state index contributed by atoms with van der Waals surface area (Å²) in [5.74, 6) is 0. The van der Waals surface area contributed by atoms with E-state index in [-0.39, 0.29) is 10.8 Å². The lowest BCUT2D eigenvalue weighted by atomic mass is 9.86. The van der Waals surface area contributed by atoms with Gasteiger partial charge in [-0.05, 0) is 63.1 Å². The lowest BCUT2D eigenvalue weighted by Crippen LogP contribution is -2.14. The van der Waals surface area contributed by atoms with E-state index in [4.69, 9.17) is 0 Å². The van der Waals surface area contributed by atoms with Gasteiger partial charge in [0.05, 0.1) is 22.8 Å². The van der Waals surface area contributed by atoms with E-state index < -0.39 is 0 Å². The van der Waals surface area contributed by atoms with Gasteiger partial charge < -0.3 is 0 Å². The lowest BCUT2D eigenvalue weighted by molar-refractivity contribution is 0.590. The molecule has 0 aliphatic carbocycles. The molecule has 0 saturated heterocycles. The Hall–Kier alpha value is -3.66. The Morgan fingerprint density at radius 2 is 0.838 bits per heavy atom. The van der Waals surface area contributed by atoms with E-state index in [1.807, 2.05) is 0 Å². The Labute approximate surface area is 221 Å². The van der Waals surface area contributed by atoms with E-state index in [0.717, 1.165) is 64.4 Å². The zero-order chi connectivity index (χ0) is 26.2. The van der Waals surface area contributed by atoms with Crippen molar-refractivity contribution in [2.24, 2.45) is 20.4 Å². The van der Waals surface area contributed by atoms with Crippen molar-refractivity contribution in [3.05, 3.63) is 106 Å². The average Bonchev–Trinajstić information content (AvgIpc) is 3.39. The molecule has 0 radical (unpaired) electrons. The molecule has 2 aliphatic rings. The minimum Gasteiger partial charge on any atom is -0.155 e. The first-order valence-electron chi connectivity index (χ1n) is 13.2. The van der Waals surface area contributed by atoms with Gasteiger partial charge in [-0.3, -0.25) is 0 Å². The first kappa shape index (κ1) is 25.0. The van der Waals surface area contributed by atoms with E-state index in [0.29, 0.717) is 0 Å². The van der Waals surface area contributed by atoms with Crippen molar-refractivity contribution in [1.29, 1.82) is 0 Å². The van der Waals surface area contributed by atoms with Gasteiger partial charge in [-0.1, -0.05) is 108 Å². The summed E-state index contributed by atoms with van der Waals surface area (Å²) in [5, 5.41) is 18.3. The van der Waals surface area contributed by atoms with Crippen molar-refractivity contribution < 1.29 is 0 Å². The third-order valence-electron chi connectivity index (χ3n) is 7.21. The maximum Gasteiger partial charge on any atom is 0.0763 e. The molecule has 3 aromatic rings. The molecule has 0 N–H and O–H groups in total. The van der Waals surface area contributed by atoms with Gasteiger partial charge in [-0.25, -0.2) is 0 Å². The van der Waals surface area contributed by atoms with Crippen molar-refractivity contribution in [2.45, 2.75) is 71.6 Å². The van der Waals surface area contributed by atoms with Crippen LogP contribution in [0.4, 0.5) is 0 Å². The minimum atomic E-state index is 0.141. The van der Waals surface area contributed by atoms with Gasteiger partial charge in [-0.2, -0.15) is 20.4 Å². The summed E-state index contributed by atoms with van der Waals surface area (Å²) in [6.07, 6.45) is 2.49. The second-order valence-corrected chi connectivity index (χ2v) is 12.1. The van der Waals surface area contributed by atoms with Crippen LogP contribution < -0.4 is 0 Å². The zero-order valence-electron chi connectivity index (χ0n) is 22.8. The summed E-state index contributed by atoms with van der Waals surface area (Å²) in [5.41, 5.74) is 11.5. The standard InChI is InChI=1S/C33H36N4/c1-32(2,3)26-14-10-22(11-15-26)28-18-19-29(35-34-28)24-8-7-9-25(20-24)31-21-30(36-37-31)23-12-16-27(17-13-23)33(4,5)6/h7-17,20H,18-19,21H2,1-6H3. The van der Waals surface area contributed by atoms with Crippen molar-refractivity contribution in [3.63, 3.8) is 0 Å². The molecule has 0 spiro atoms. The van der Waals surface area contributed by atoms with Crippen LogP contribution in [0.25, 0.3) is 0 Å². The van der Waals surface area contributed by atoms with Gasteiger partial charge in [0.15, 0.2) is 0 Å². The van der Waals surface area contributed by atoms with Crippen molar-refractivity contribution >= 4 is 22.8 Å². The molecule has 0 unspecified atom stereocenters. The van der Waals surface area contributed by atoms with E-state index in [1.165, 1.54) is 11.1 Å². The molecular weight excluding hydrogens is 452 g/mol. The molecule has 2 heterocycles. The Morgan fingerprint density at radius 1 is 0.459 bits per heavy atom. The smallest absolute Gasteiger partial charge is 0.0763 e. The summed E-state index contributed by atoms with van der Waals surface area (Å²) >= 11 is 0. The van der Waals surface area contributed by atoms with Crippen LogP contribution in [0.15, 0.2) is 93.2 Å². The highest BCUT2D eigenvalue weighted by molar-refractivity contribution is 6.20. The Balaban J connectivity index is 1.29. The highest BCUT2D eigenvalue weighted by Crippen LogP contribution is 2.26.